The summed E-state index contributed by atoms with van der Waals surface area (Å²) in [5.41, 5.74) is 2.18. The summed E-state index contributed by atoms with van der Waals surface area (Å²) < 4.78 is 6.41. The van der Waals surface area contributed by atoms with Gasteiger partial charge in [-0.05, 0) is 44.9 Å². The lowest BCUT2D eigenvalue weighted by molar-refractivity contribution is -0.136. The second kappa shape index (κ2) is 10.3. The van der Waals surface area contributed by atoms with Gasteiger partial charge in [-0.15, -0.1) is 0 Å². The molecule has 3 aromatic rings. The fourth-order valence-electron chi connectivity index (χ4n) is 3.51. The number of hydrogen-bond acceptors (Lipinski definition) is 6. The first-order valence-electron chi connectivity index (χ1n) is 10.9. The molecule has 1 N–H and O–H groups in total. The van der Waals surface area contributed by atoms with Crippen molar-refractivity contribution in [2.24, 2.45) is 0 Å². The zero-order chi connectivity index (χ0) is 25.0. The third-order valence-electron chi connectivity index (χ3n) is 5.39. The highest BCUT2D eigenvalue weighted by molar-refractivity contribution is 6.03. The summed E-state index contributed by atoms with van der Waals surface area (Å²) in [4.78, 5) is 51.5. The number of carbonyl (C=O) groups excluding carboxylic acids is 3. The van der Waals surface area contributed by atoms with Gasteiger partial charge in [0.15, 0.2) is 12.3 Å². The fraction of sp³-hybridized carbons (Fsp3) is 0.320. The Morgan fingerprint density at radius 1 is 1.03 bits per heavy atom. The van der Waals surface area contributed by atoms with Crippen LogP contribution in [0.25, 0.3) is 10.8 Å². The van der Waals surface area contributed by atoms with Crippen LogP contribution in [0.5, 0.6) is 0 Å². The maximum atomic E-state index is 12.8. The molecule has 9 nitrogen and oxygen atoms in total. The Morgan fingerprint density at radius 2 is 1.65 bits per heavy atom. The molecule has 9 heteroatoms. The van der Waals surface area contributed by atoms with Gasteiger partial charge in [0.1, 0.15) is 0 Å². The number of likely N-dealkylation sites (N-methyl/N-ethyl adjacent to an activating group) is 1. The molecular weight excluding hydrogens is 436 g/mol. The number of aromatic nitrogens is 2. The molecule has 0 fully saturated rings. The van der Waals surface area contributed by atoms with E-state index in [1.807, 2.05) is 32.0 Å². The summed E-state index contributed by atoms with van der Waals surface area (Å²) in [5, 5.41) is 7.68. The van der Waals surface area contributed by atoms with E-state index in [4.69, 9.17) is 4.74 Å². The zero-order valence-electron chi connectivity index (χ0n) is 19.9. The predicted octanol–water partition coefficient (Wildman–Crippen LogP) is 2.85. The van der Waals surface area contributed by atoms with E-state index in [1.165, 1.54) is 16.6 Å². The molecule has 0 aliphatic heterocycles. The van der Waals surface area contributed by atoms with Gasteiger partial charge in [0.05, 0.1) is 18.0 Å². The fourth-order valence-corrected chi connectivity index (χ4v) is 3.51. The number of para-hydroxylation sites is 1. The Bertz CT molecular complexity index is 1290. The van der Waals surface area contributed by atoms with E-state index in [2.05, 4.69) is 10.4 Å². The van der Waals surface area contributed by atoms with Crippen molar-refractivity contribution in [1.29, 1.82) is 0 Å². The van der Waals surface area contributed by atoms with Gasteiger partial charge < -0.3 is 15.0 Å². The van der Waals surface area contributed by atoms with Crippen LogP contribution in [-0.4, -0.2) is 52.7 Å². The molecule has 0 aliphatic rings. The van der Waals surface area contributed by atoms with Crippen LogP contribution >= 0.6 is 0 Å². The molecule has 3 rings (SSSR count). The van der Waals surface area contributed by atoms with Crippen LogP contribution in [0, 0.1) is 13.8 Å². The van der Waals surface area contributed by atoms with Gasteiger partial charge in [0, 0.05) is 18.1 Å². The minimum absolute atomic E-state index is 0.0490. The maximum Gasteiger partial charge on any atom is 0.359 e. The number of ether oxygens (including phenoxy) is 1. The van der Waals surface area contributed by atoms with Crippen molar-refractivity contribution < 1.29 is 19.1 Å². The molecule has 0 aliphatic carbocycles. The van der Waals surface area contributed by atoms with E-state index in [1.54, 1.807) is 38.1 Å². The quantitative estimate of drug-likeness (QED) is 0.539. The summed E-state index contributed by atoms with van der Waals surface area (Å²) in [6.07, 6.45) is 0. The van der Waals surface area contributed by atoms with Gasteiger partial charge in [-0.2, -0.15) is 5.10 Å². The van der Waals surface area contributed by atoms with E-state index >= 15 is 0 Å². The number of esters is 1. The standard InChI is InChI=1S/C25H28N4O5/c1-15(2)29-24(32)19-12-7-6-11-18(19)23(27-29)25(33)34-14-21(31)28(5)13-20(30)26-22-16(3)9-8-10-17(22)4/h6-12,15H,13-14H2,1-5H3,(H,26,30). The third-order valence-corrected chi connectivity index (χ3v) is 5.39. The van der Waals surface area contributed by atoms with Crippen LogP contribution in [0.1, 0.15) is 41.5 Å². The lowest BCUT2D eigenvalue weighted by atomic mass is 10.1. The van der Waals surface area contributed by atoms with Crippen molar-refractivity contribution in [2.75, 3.05) is 25.5 Å². The van der Waals surface area contributed by atoms with Gasteiger partial charge in [0.2, 0.25) is 5.91 Å². The Balaban J connectivity index is 1.67. The van der Waals surface area contributed by atoms with Crippen molar-refractivity contribution in [3.63, 3.8) is 0 Å². The number of hydrogen-bond donors (Lipinski definition) is 1. The van der Waals surface area contributed by atoms with Gasteiger partial charge >= 0.3 is 5.97 Å². The number of carbonyl (C=O) groups is 3. The maximum absolute atomic E-state index is 12.8. The average molecular weight is 465 g/mol. The smallest absolute Gasteiger partial charge is 0.359 e. The minimum atomic E-state index is -0.827. The molecule has 0 saturated carbocycles. The highest BCUT2D eigenvalue weighted by atomic mass is 16.5. The predicted molar refractivity (Wildman–Crippen MR) is 129 cm³/mol. The Hall–Kier alpha value is -4.01. The second-order valence-corrected chi connectivity index (χ2v) is 8.38. The third kappa shape index (κ3) is 5.31. The molecule has 0 spiro atoms. The van der Waals surface area contributed by atoms with Gasteiger partial charge in [0.25, 0.3) is 11.5 Å². The number of nitrogens with one attached hydrogen (secondary N) is 1. The first-order valence-corrected chi connectivity index (χ1v) is 10.9. The number of nitrogens with zero attached hydrogens (tertiary/aromatic N) is 3. The van der Waals surface area contributed by atoms with Crippen molar-refractivity contribution in [1.82, 2.24) is 14.7 Å². The normalized spacial score (nSPS) is 10.9. The summed E-state index contributed by atoms with van der Waals surface area (Å²) in [5.74, 6) is -1.74. The lowest BCUT2D eigenvalue weighted by Gasteiger charge is -2.18. The molecule has 34 heavy (non-hydrogen) atoms. The van der Waals surface area contributed by atoms with Crippen LogP contribution in [-0.2, 0) is 14.3 Å². The molecule has 0 unspecified atom stereocenters. The molecule has 0 saturated heterocycles. The monoisotopic (exact) mass is 464 g/mol. The second-order valence-electron chi connectivity index (χ2n) is 8.38. The van der Waals surface area contributed by atoms with Gasteiger partial charge in [-0.3, -0.25) is 14.4 Å². The van der Waals surface area contributed by atoms with Gasteiger partial charge in [-0.25, -0.2) is 9.48 Å². The Morgan fingerprint density at radius 3 is 2.26 bits per heavy atom. The largest absolute Gasteiger partial charge is 0.451 e. The molecule has 178 valence electrons. The number of benzene rings is 2. The van der Waals surface area contributed by atoms with Crippen LogP contribution in [0.2, 0.25) is 0 Å². The highest BCUT2D eigenvalue weighted by Gasteiger charge is 2.21. The molecule has 2 aromatic carbocycles. The van der Waals surface area contributed by atoms with Crippen LogP contribution < -0.4 is 10.9 Å². The molecular formula is C25H28N4O5. The summed E-state index contributed by atoms with van der Waals surface area (Å²) in [6, 6.07) is 12.0. The molecule has 2 amide bonds. The van der Waals surface area contributed by atoms with Gasteiger partial charge in [-0.1, -0.05) is 36.4 Å². The SMILES string of the molecule is Cc1cccc(C)c1NC(=O)CN(C)C(=O)COC(=O)c1nn(C(C)C)c(=O)c2ccccc12. The minimum Gasteiger partial charge on any atom is -0.451 e. The van der Waals surface area contributed by atoms with Crippen LogP contribution in [0.15, 0.2) is 47.3 Å². The van der Waals surface area contributed by atoms with Crippen molar-refractivity contribution in [3.8, 4) is 0 Å². The van der Waals surface area contributed by atoms with E-state index < -0.39 is 18.5 Å². The number of aryl methyl sites for hydroxylation is 2. The molecule has 0 radical (unpaired) electrons. The number of rotatable bonds is 7. The van der Waals surface area contributed by atoms with Crippen LogP contribution in [0.4, 0.5) is 5.69 Å². The molecule has 1 aromatic heterocycles. The first-order chi connectivity index (χ1) is 16.1. The molecule has 0 atom stereocenters. The Labute approximate surface area is 197 Å². The van der Waals surface area contributed by atoms with E-state index in [-0.39, 0.29) is 29.7 Å². The van der Waals surface area contributed by atoms with Crippen molar-refractivity contribution in [3.05, 3.63) is 69.6 Å². The lowest BCUT2D eigenvalue weighted by Crippen LogP contribution is -2.37. The van der Waals surface area contributed by atoms with E-state index in [0.29, 0.717) is 16.5 Å². The topological polar surface area (TPSA) is 111 Å². The first kappa shape index (κ1) is 24.6. The number of fused-ring (bicyclic) bond motifs is 1. The Kier molecular flexibility index (Phi) is 7.45. The number of anilines is 1. The summed E-state index contributed by atoms with van der Waals surface area (Å²) >= 11 is 0. The summed E-state index contributed by atoms with van der Waals surface area (Å²) in [7, 11) is 1.45. The molecule has 0 bridgehead atoms. The summed E-state index contributed by atoms with van der Waals surface area (Å²) in [6.45, 7) is 6.56. The zero-order valence-corrected chi connectivity index (χ0v) is 19.9. The molecule has 1 heterocycles. The average Bonchev–Trinajstić information content (AvgIpc) is 2.79. The number of amides is 2. The van der Waals surface area contributed by atoms with Crippen molar-refractivity contribution >= 4 is 34.2 Å². The highest BCUT2D eigenvalue weighted by Crippen LogP contribution is 2.19. The van der Waals surface area contributed by atoms with Crippen molar-refractivity contribution in [2.45, 2.75) is 33.7 Å². The van der Waals surface area contributed by atoms with E-state index in [9.17, 15) is 19.2 Å². The van der Waals surface area contributed by atoms with E-state index in [0.717, 1.165) is 11.1 Å². The van der Waals surface area contributed by atoms with Crippen LogP contribution in [0.3, 0.4) is 0 Å².